The maximum Gasteiger partial charge on any atom is 0.333 e. The van der Waals surface area contributed by atoms with Gasteiger partial charge in [-0.3, -0.25) is 9.59 Å². The van der Waals surface area contributed by atoms with Crippen LogP contribution in [-0.4, -0.2) is 30.1 Å². The molecular weight excluding hydrogens is 430 g/mol. The summed E-state index contributed by atoms with van der Waals surface area (Å²) in [6.45, 7) is 1.74. The summed E-state index contributed by atoms with van der Waals surface area (Å²) in [6.07, 6.45) is 1.09. The second-order valence-corrected chi connectivity index (χ2v) is 9.39. The van der Waals surface area contributed by atoms with Gasteiger partial charge in [-0.25, -0.2) is 17.8 Å². The van der Waals surface area contributed by atoms with Crippen molar-refractivity contribution in [2.75, 3.05) is 11.6 Å². The number of aromatic amines is 1. The maximum absolute atomic E-state index is 12.9. The number of H-pyrrole nitrogens is 1. The number of aromatic nitrogens is 2. The molecule has 0 aliphatic rings. The lowest BCUT2D eigenvalue weighted by Gasteiger charge is -2.11. The first-order chi connectivity index (χ1) is 15.1. The minimum atomic E-state index is -3.44. The van der Waals surface area contributed by atoms with E-state index in [2.05, 4.69) is 10.3 Å². The van der Waals surface area contributed by atoms with Crippen molar-refractivity contribution >= 4 is 32.3 Å². The SMILES string of the molecule is Cc1ccc(S(C)(=O)=O)cc1NC(=O)c1ccc2c(=O)n(-c3ccccc3)c(=O)[nH]c2c1. The molecule has 1 aromatic heterocycles. The van der Waals surface area contributed by atoms with E-state index in [4.69, 9.17) is 0 Å². The van der Waals surface area contributed by atoms with Gasteiger partial charge in [0, 0.05) is 17.5 Å². The Morgan fingerprint density at radius 1 is 0.969 bits per heavy atom. The Morgan fingerprint density at radius 3 is 2.38 bits per heavy atom. The van der Waals surface area contributed by atoms with Gasteiger partial charge >= 0.3 is 5.69 Å². The average molecular weight is 449 g/mol. The van der Waals surface area contributed by atoms with Crippen LogP contribution in [0.25, 0.3) is 16.6 Å². The zero-order chi connectivity index (χ0) is 23.0. The molecule has 9 heteroatoms. The summed E-state index contributed by atoms with van der Waals surface area (Å²) in [5.41, 5.74) is 0.776. The van der Waals surface area contributed by atoms with E-state index in [0.29, 0.717) is 16.9 Å². The average Bonchev–Trinajstić information content (AvgIpc) is 2.74. The second-order valence-electron chi connectivity index (χ2n) is 7.37. The molecule has 4 aromatic rings. The Kier molecular flexibility index (Phi) is 5.27. The minimum absolute atomic E-state index is 0.0858. The highest BCUT2D eigenvalue weighted by Gasteiger charge is 2.15. The second kappa shape index (κ2) is 7.93. The van der Waals surface area contributed by atoms with Gasteiger partial charge in [-0.15, -0.1) is 0 Å². The molecule has 0 aliphatic carbocycles. The fourth-order valence-electron chi connectivity index (χ4n) is 3.33. The molecule has 0 bridgehead atoms. The highest BCUT2D eigenvalue weighted by molar-refractivity contribution is 7.90. The molecule has 2 N–H and O–H groups in total. The number of amides is 1. The molecule has 162 valence electrons. The van der Waals surface area contributed by atoms with Crippen molar-refractivity contribution in [1.29, 1.82) is 0 Å². The molecule has 1 heterocycles. The Hall–Kier alpha value is -3.98. The Balaban J connectivity index is 1.73. The fourth-order valence-corrected chi connectivity index (χ4v) is 3.98. The molecule has 0 saturated carbocycles. The zero-order valence-electron chi connectivity index (χ0n) is 17.2. The number of hydrogen-bond acceptors (Lipinski definition) is 5. The smallest absolute Gasteiger partial charge is 0.322 e. The normalized spacial score (nSPS) is 11.4. The summed E-state index contributed by atoms with van der Waals surface area (Å²) in [4.78, 5) is 41.0. The topological polar surface area (TPSA) is 118 Å². The van der Waals surface area contributed by atoms with Gasteiger partial charge in [-0.2, -0.15) is 0 Å². The molecule has 0 saturated heterocycles. The monoisotopic (exact) mass is 449 g/mol. The van der Waals surface area contributed by atoms with Gasteiger partial charge in [0.15, 0.2) is 9.84 Å². The zero-order valence-corrected chi connectivity index (χ0v) is 18.1. The van der Waals surface area contributed by atoms with Crippen LogP contribution >= 0.6 is 0 Å². The molecule has 4 rings (SSSR count). The quantitative estimate of drug-likeness (QED) is 0.497. The predicted octanol–water partition coefficient (Wildman–Crippen LogP) is 2.64. The van der Waals surface area contributed by atoms with Crippen molar-refractivity contribution in [2.24, 2.45) is 0 Å². The summed E-state index contributed by atoms with van der Waals surface area (Å²) in [7, 11) is -3.44. The van der Waals surface area contributed by atoms with E-state index in [1.807, 2.05) is 0 Å². The van der Waals surface area contributed by atoms with Crippen LogP contribution < -0.4 is 16.6 Å². The van der Waals surface area contributed by atoms with Crippen LogP contribution in [0.5, 0.6) is 0 Å². The Morgan fingerprint density at radius 2 is 1.69 bits per heavy atom. The number of sulfone groups is 1. The van der Waals surface area contributed by atoms with Crippen molar-refractivity contribution < 1.29 is 13.2 Å². The van der Waals surface area contributed by atoms with Gasteiger partial charge in [0.1, 0.15) is 0 Å². The van der Waals surface area contributed by atoms with Crippen molar-refractivity contribution in [3.8, 4) is 5.69 Å². The van der Waals surface area contributed by atoms with Gasteiger partial charge in [0.05, 0.1) is 21.5 Å². The van der Waals surface area contributed by atoms with Gasteiger partial charge in [-0.05, 0) is 55.0 Å². The Bertz CT molecular complexity index is 1590. The van der Waals surface area contributed by atoms with Crippen molar-refractivity contribution in [2.45, 2.75) is 11.8 Å². The molecule has 32 heavy (non-hydrogen) atoms. The van der Waals surface area contributed by atoms with Crippen molar-refractivity contribution in [1.82, 2.24) is 9.55 Å². The molecule has 0 atom stereocenters. The van der Waals surface area contributed by atoms with Gasteiger partial charge in [0.2, 0.25) is 0 Å². The summed E-state index contributed by atoms with van der Waals surface area (Å²) < 4.78 is 24.7. The number of carbonyl (C=O) groups is 1. The van der Waals surface area contributed by atoms with Crippen molar-refractivity contribution in [3.05, 3.63) is 98.7 Å². The van der Waals surface area contributed by atoms with Crippen LogP contribution in [0.3, 0.4) is 0 Å². The third kappa shape index (κ3) is 3.97. The molecular formula is C23H19N3O5S. The first-order valence-electron chi connectivity index (χ1n) is 9.62. The number of aryl methyl sites for hydroxylation is 1. The molecule has 1 amide bonds. The summed E-state index contributed by atoms with van der Waals surface area (Å²) in [5.74, 6) is -0.506. The number of hydrogen-bond donors (Lipinski definition) is 2. The van der Waals surface area contributed by atoms with E-state index in [1.54, 1.807) is 43.3 Å². The van der Waals surface area contributed by atoms with Crippen LogP contribution in [0.2, 0.25) is 0 Å². The van der Waals surface area contributed by atoms with E-state index in [1.165, 1.54) is 30.3 Å². The largest absolute Gasteiger partial charge is 0.333 e. The molecule has 8 nitrogen and oxygen atoms in total. The molecule has 0 spiro atoms. The lowest BCUT2D eigenvalue weighted by atomic mass is 10.1. The standard InChI is InChI=1S/C23H19N3O5S/c1-14-8-10-17(32(2,30)31)13-19(14)24-21(27)15-9-11-18-20(12-15)25-23(29)26(22(18)28)16-6-4-3-5-7-16/h3-13H,1-2H3,(H,24,27)(H,25,29). The van der Waals surface area contributed by atoms with Crippen LogP contribution in [0.15, 0.2) is 81.2 Å². The first-order valence-corrected chi connectivity index (χ1v) is 11.5. The van der Waals surface area contributed by atoms with E-state index in [-0.39, 0.29) is 21.4 Å². The van der Waals surface area contributed by atoms with Crippen molar-refractivity contribution in [3.63, 3.8) is 0 Å². The summed E-state index contributed by atoms with van der Waals surface area (Å²) in [6, 6.07) is 17.4. The van der Waals surface area contributed by atoms with Crippen LogP contribution in [0.4, 0.5) is 5.69 Å². The number of nitrogens with zero attached hydrogens (tertiary/aromatic N) is 1. The third-order valence-electron chi connectivity index (χ3n) is 5.06. The molecule has 3 aromatic carbocycles. The summed E-state index contributed by atoms with van der Waals surface area (Å²) >= 11 is 0. The molecule has 0 fully saturated rings. The number of fused-ring (bicyclic) bond motifs is 1. The van der Waals surface area contributed by atoms with Gasteiger partial charge in [0.25, 0.3) is 11.5 Å². The van der Waals surface area contributed by atoms with Gasteiger partial charge < -0.3 is 10.3 Å². The number of carbonyl (C=O) groups excluding carboxylic acids is 1. The lowest BCUT2D eigenvalue weighted by molar-refractivity contribution is 0.102. The fraction of sp³-hybridized carbons (Fsp3) is 0.0870. The number of anilines is 1. The predicted molar refractivity (Wildman–Crippen MR) is 122 cm³/mol. The van der Waals surface area contributed by atoms with Gasteiger partial charge in [-0.1, -0.05) is 24.3 Å². The highest BCUT2D eigenvalue weighted by Crippen LogP contribution is 2.21. The lowest BCUT2D eigenvalue weighted by Crippen LogP contribution is -2.33. The van der Waals surface area contributed by atoms with Crippen LogP contribution in [0, 0.1) is 6.92 Å². The first kappa shape index (κ1) is 21.3. The van der Waals surface area contributed by atoms with E-state index < -0.39 is 27.0 Å². The third-order valence-corrected chi connectivity index (χ3v) is 6.17. The van der Waals surface area contributed by atoms with Crippen LogP contribution in [0.1, 0.15) is 15.9 Å². The van der Waals surface area contributed by atoms with E-state index in [9.17, 15) is 22.8 Å². The minimum Gasteiger partial charge on any atom is -0.322 e. The number of nitrogens with one attached hydrogen (secondary N) is 2. The van der Waals surface area contributed by atoms with Crippen LogP contribution in [-0.2, 0) is 9.84 Å². The molecule has 0 radical (unpaired) electrons. The highest BCUT2D eigenvalue weighted by atomic mass is 32.2. The Labute approximate surface area is 183 Å². The maximum atomic E-state index is 12.9. The number of rotatable bonds is 4. The molecule has 0 aliphatic heterocycles. The van der Waals surface area contributed by atoms with E-state index >= 15 is 0 Å². The van der Waals surface area contributed by atoms with E-state index in [0.717, 1.165) is 10.8 Å². The number of benzene rings is 3. The number of para-hydroxylation sites is 1. The molecule has 0 unspecified atom stereocenters. The summed E-state index contributed by atoms with van der Waals surface area (Å²) in [5, 5.41) is 2.94.